The molecule has 4 rings (SSSR count). The van der Waals surface area contributed by atoms with Crippen LogP contribution in [0.3, 0.4) is 0 Å². The smallest absolute Gasteiger partial charge is 0.323 e. The SMILES string of the molecule is CN(Cc1noc(C2CCCC2)n1)C(=O)Nc1nc(-c2ccccc2)ns1. The van der Waals surface area contributed by atoms with Gasteiger partial charge < -0.3 is 9.42 Å². The molecule has 2 aromatic heterocycles. The Morgan fingerprint density at radius 3 is 2.81 bits per heavy atom. The average Bonchev–Trinajstić information content (AvgIpc) is 3.44. The maximum Gasteiger partial charge on any atom is 0.323 e. The highest BCUT2D eigenvalue weighted by Crippen LogP contribution is 2.32. The molecule has 0 unspecified atom stereocenters. The van der Waals surface area contributed by atoms with Crippen molar-refractivity contribution in [2.45, 2.75) is 38.1 Å². The van der Waals surface area contributed by atoms with Crippen LogP contribution in [0.1, 0.15) is 43.3 Å². The number of amides is 2. The quantitative estimate of drug-likeness (QED) is 0.716. The van der Waals surface area contributed by atoms with E-state index in [0.717, 1.165) is 29.9 Å². The van der Waals surface area contributed by atoms with Crippen molar-refractivity contribution in [1.82, 2.24) is 24.4 Å². The number of anilines is 1. The normalized spacial score (nSPS) is 14.4. The lowest BCUT2D eigenvalue weighted by atomic mass is 10.1. The molecule has 1 aliphatic carbocycles. The number of carbonyl (C=O) groups excluding carboxylic acids is 1. The maximum absolute atomic E-state index is 12.4. The molecule has 27 heavy (non-hydrogen) atoms. The van der Waals surface area contributed by atoms with Gasteiger partial charge in [-0.2, -0.15) is 14.3 Å². The summed E-state index contributed by atoms with van der Waals surface area (Å²) in [6.07, 6.45) is 4.60. The highest BCUT2D eigenvalue weighted by atomic mass is 32.1. The number of nitrogens with zero attached hydrogens (tertiary/aromatic N) is 5. The number of benzene rings is 1. The lowest BCUT2D eigenvalue weighted by Crippen LogP contribution is -2.31. The highest BCUT2D eigenvalue weighted by molar-refractivity contribution is 7.10. The summed E-state index contributed by atoms with van der Waals surface area (Å²) in [6, 6.07) is 9.35. The second-order valence-electron chi connectivity index (χ2n) is 6.61. The van der Waals surface area contributed by atoms with Crippen molar-refractivity contribution in [3.8, 4) is 11.4 Å². The summed E-state index contributed by atoms with van der Waals surface area (Å²) < 4.78 is 9.65. The molecule has 0 bridgehead atoms. The van der Waals surface area contributed by atoms with Gasteiger partial charge in [0.05, 0.1) is 6.54 Å². The number of carbonyl (C=O) groups is 1. The molecule has 2 heterocycles. The van der Waals surface area contributed by atoms with Gasteiger partial charge in [0.25, 0.3) is 0 Å². The zero-order valence-electron chi connectivity index (χ0n) is 15.0. The molecule has 2 amide bonds. The third-order valence-corrected chi connectivity index (χ3v) is 5.22. The molecule has 3 aromatic rings. The summed E-state index contributed by atoms with van der Waals surface area (Å²) >= 11 is 1.15. The van der Waals surface area contributed by atoms with Gasteiger partial charge in [-0.05, 0) is 12.8 Å². The first kappa shape index (κ1) is 17.6. The number of urea groups is 1. The Morgan fingerprint density at radius 2 is 2.04 bits per heavy atom. The Kier molecular flexibility index (Phi) is 5.10. The summed E-state index contributed by atoms with van der Waals surface area (Å²) in [5, 5.41) is 7.21. The number of hydrogen-bond acceptors (Lipinski definition) is 7. The summed E-state index contributed by atoms with van der Waals surface area (Å²) in [7, 11) is 1.68. The fourth-order valence-corrected chi connectivity index (χ4v) is 3.70. The van der Waals surface area contributed by atoms with Gasteiger partial charge >= 0.3 is 6.03 Å². The largest absolute Gasteiger partial charge is 0.339 e. The fraction of sp³-hybridized carbons (Fsp3) is 0.389. The Balaban J connectivity index is 1.35. The minimum Gasteiger partial charge on any atom is -0.339 e. The molecule has 0 radical (unpaired) electrons. The second kappa shape index (κ2) is 7.83. The summed E-state index contributed by atoms with van der Waals surface area (Å²) in [5.41, 5.74) is 0.911. The molecular formula is C18H20N6O2S. The van der Waals surface area contributed by atoms with Gasteiger partial charge in [-0.25, -0.2) is 4.79 Å². The van der Waals surface area contributed by atoms with Crippen molar-refractivity contribution in [3.63, 3.8) is 0 Å². The molecule has 9 heteroatoms. The Morgan fingerprint density at radius 1 is 1.26 bits per heavy atom. The van der Waals surface area contributed by atoms with Crippen LogP contribution < -0.4 is 5.32 Å². The van der Waals surface area contributed by atoms with E-state index in [1.807, 2.05) is 30.3 Å². The standard InChI is InChI=1S/C18H20N6O2S/c1-24(11-14-19-16(26-22-14)13-9-5-6-10-13)18(25)21-17-20-15(23-27-17)12-7-3-2-4-8-12/h2-4,7-8,13H,5-6,9-11H2,1H3,(H,20,21,23,25). The van der Waals surface area contributed by atoms with E-state index >= 15 is 0 Å². The predicted molar refractivity (Wildman–Crippen MR) is 101 cm³/mol. The predicted octanol–water partition coefficient (Wildman–Crippen LogP) is 3.91. The molecule has 1 aromatic carbocycles. The third-order valence-electron chi connectivity index (χ3n) is 4.59. The van der Waals surface area contributed by atoms with Crippen LogP contribution in [0.25, 0.3) is 11.4 Å². The fourth-order valence-electron chi connectivity index (χ4n) is 3.12. The minimum absolute atomic E-state index is 0.270. The molecule has 0 spiro atoms. The molecule has 1 saturated carbocycles. The maximum atomic E-state index is 12.4. The Hall–Kier alpha value is -2.81. The second-order valence-corrected chi connectivity index (χ2v) is 7.36. The van der Waals surface area contributed by atoms with E-state index < -0.39 is 0 Å². The van der Waals surface area contributed by atoms with Crippen molar-refractivity contribution in [3.05, 3.63) is 42.0 Å². The van der Waals surface area contributed by atoms with Gasteiger partial charge in [-0.3, -0.25) is 5.32 Å². The van der Waals surface area contributed by atoms with Crippen molar-refractivity contribution < 1.29 is 9.32 Å². The number of nitrogens with one attached hydrogen (secondary N) is 1. The zero-order valence-corrected chi connectivity index (χ0v) is 15.8. The van der Waals surface area contributed by atoms with Gasteiger partial charge in [0.15, 0.2) is 11.6 Å². The first-order chi connectivity index (χ1) is 13.2. The van der Waals surface area contributed by atoms with E-state index in [1.54, 1.807) is 7.05 Å². The van der Waals surface area contributed by atoms with Crippen LogP contribution in [0.5, 0.6) is 0 Å². The van der Waals surface area contributed by atoms with Crippen molar-refractivity contribution >= 4 is 22.7 Å². The van der Waals surface area contributed by atoms with Crippen LogP contribution in [0, 0.1) is 0 Å². The van der Waals surface area contributed by atoms with Crippen LogP contribution >= 0.6 is 11.5 Å². The van der Waals surface area contributed by atoms with Gasteiger partial charge in [0, 0.05) is 30.1 Å². The first-order valence-electron chi connectivity index (χ1n) is 8.93. The van der Waals surface area contributed by atoms with E-state index in [9.17, 15) is 4.79 Å². The average molecular weight is 384 g/mol. The molecule has 1 aliphatic rings. The van der Waals surface area contributed by atoms with E-state index in [-0.39, 0.29) is 12.6 Å². The Labute approximate surface area is 160 Å². The molecule has 8 nitrogen and oxygen atoms in total. The first-order valence-corrected chi connectivity index (χ1v) is 9.70. The van der Waals surface area contributed by atoms with E-state index in [4.69, 9.17) is 4.52 Å². The van der Waals surface area contributed by atoms with Crippen molar-refractivity contribution in [2.75, 3.05) is 12.4 Å². The third kappa shape index (κ3) is 4.13. The molecule has 0 aliphatic heterocycles. The number of hydrogen-bond donors (Lipinski definition) is 1. The number of aromatic nitrogens is 4. The minimum atomic E-state index is -0.294. The molecule has 140 valence electrons. The van der Waals surface area contributed by atoms with Gasteiger partial charge in [0.1, 0.15) is 0 Å². The highest BCUT2D eigenvalue weighted by Gasteiger charge is 2.23. The zero-order chi connectivity index (χ0) is 18.6. The molecule has 0 atom stereocenters. The van der Waals surface area contributed by atoms with Crippen LogP contribution in [0.15, 0.2) is 34.9 Å². The van der Waals surface area contributed by atoms with E-state index in [2.05, 4.69) is 24.8 Å². The number of rotatable bonds is 5. The summed E-state index contributed by atoms with van der Waals surface area (Å²) in [5.74, 6) is 2.16. The van der Waals surface area contributed by atoms with Crippen LogP contribution in [-0.4, -0.2) is 37.5 Å². The molecular weight excluding hydrogens is 364 g/mol. The van der Waals surface area contributed by atoms with Crippen LogP contribution in [0.4, 0.5) is 9.93 Å². The monoisotopic (exact) mass is 384 g/mol. The van der Waals surface area contributed by atoms with Gasteiger partial charge in [0.2, 0.25) is 11.0 Å². The van der Waals surface area contributed by atoms with Crippen molar-refractivity contribution in [1.29, 1.82) is 0 Å². The molecule has 0 saturated heterocycles. The lowest BCUT2D eigenvalue weighted by Gasteiger charge is -2.14. The van der Waals surface area contributed by atoms with Crippen LogP contribution in [0.2, 0.25) is 0 Å². The van der Waals surface area contributed by atoms with E-state index in [0.29, 0.717) is 28.6 Å². The molecule has 1 fully saturated rings. The Bertz CT molecular complexity index is 903. The summed E-state index contributed by atoms with van der Waals surface area (Å²) in [4.78, 5) is 22.7. The van der Waals surface area contributed by atoms with Gasteiger partial charge in [-0.1, -0.05) is 48.3 Å². The lowest BCUT2D eigenvalue weighted by molar-refractivity contribution is 0.219. The summed E-state index contributed by atoms with van der Waals surface area (Å²) in [6.45, 7) is 0.270. The van der Waals surface area contributed by atoms with Crippen LogP contribution in [-0.2, 0) is 6.54 Å². The topological polar surface area (TPSA) is 97.0 Å². The van der Waals surface area contributed by atoms with E-state index in [1.165, 1.54) is 17.7 Å². The van der Waals surface area contributed by atoms with Crippen molar-refractivity contribution in [2.24, 2.45) is 0 Å². The molecule has 1 N–H and O–H groups in total. The van der Waals surface area contributed by atoms with Gasteiger partial charge in [-0.15, -0.1) is 0 Å².